The minimum Gasteiger partial charge on any atom is -0.337 e. The van der Waals surface area contributed by atoms with E-state index in [1.807, 2.05) is 0 Å². The minimum atomic E-state index is -0.468. The van der Waals surface area contributed by atoms with E-state index in [1.54, 1.807) is 4.90 Å². The first-order valence-electron chi connectivity index (χ1n) is 5.75. The molecule has 0 spiro atoms. The summed E-state index contributed by atoms with van der Waals surface area (Å²) in [5, 5.41) is 9.00. The van der Waals surface area contributed by atoms with Crippen molar-refractivity contribution in [3.63, 3.8) is 0 Å². The molecule has 94 valence electrons. The summed E-state index contributed by atoms with van der Waals surface area (Å²) in [6.45, 7) is 1.04. The first-order chi connectivity index (χ1) is 8.61. The molecule has 3 nitrogen and oxygen atoms in total. The molecule has 1 fully saturated rings. The Bertz CT molecular complexity index is 512. The smallest absolute Gasteiger partial charge is 0.255 e. The summed E-state index contributed by atoms with van der Waals surface area (Å²) < 4.78 is 12.9. The summed E-state index contributed by atoms with van der Waals surface area (Å²) in [7, 11) is 0. The van der Waals surface area contributed by atoms with E-state index < -0.39 is 5.82 Å². The van der Waals surface area contributed by atoms with Crippen LogP contribution in [0.2, 0.25) is 5.02 Å². The molecule has 0 aromatic heterocycles. The van der Waals surface area contributed by atoms with Crippen LogP contribution in [-0.2, 0) is 0 Å². The molecule has 1 saturated heterocycles. The van der Waals surface area contributed by atoms with Gasteiger partial charge in [0.25, 0.3) is 5.91 Å². The molecule has 1 aromatic carbocycles. The van der Waals surface area contributed by atoms with E-state index >= 15 is 0 Å². The number of nitrogens with zero attached hydrogens (tertiary/aromatic N) is 2. The summed E-state index contributed by atoms with van der Waals surface area (Å²) in [6.07, 6.45) is 1.63. The van der Waals surface area contributed by atoms with Crippen LogP contribution in [0.1, 0.15) is 23.2 Å². The van der Waals surface area contributed by atoms with Gasteiger partial charge in [0.2, 0.25) is 0 Å². The maximum absolute atomic E-state index is 12.9. The van der Waals surface area contributed by atoms with Crippen LogP contribution >= 0.6 is 11.6 Å². The van der Waals surface area contributed by atoms with E-state index in [9.17, 15) is 9.18 Å². The van der Waals surface area contributed by atoms with Crippen LogP contribution in [0.3, 0.4) is 0 Å². The second-order valence-electron chi connectivity index (χ2n) is 4.34. The zero-order chi connectivity index (χ0) is 13.1. The number of carbonyl (C=O) groups excluding carboxylic acids is 1. The molecule has 0 radical (unpaired) electrons. The van der Waals surface area contributed by atoms with Gasteiger partial charge in [0.05, 0.1) is 22.6 Å². The van der Waals surface area contributed by atoms with Crippen LogP contribution in [0, 0.1) is 23.1 Å². The Hall–Kier alpha value is -1.60. The first kappa shape index (κ1) is 12.8. The number of rotatable bonds is 1. The van der Waals surface area contributed by atoms with Gasteiger partial charge in [-0.2, -0.15) is 5.26 Å². The summed E-state index contributed by atoms with van der Waals surface area (Å²) in [4.78, 5) is 13.8. The third-order valence-corrected chi connectivity index (χ3v) is 3.37. The molecule has 1 heterocycles. The third-order valence-electron chi connectivity index (χ3n) is 3.05. The normalized spacial score (nSPS) is 19.4. The molecule has 1 unspecified atom stereocenters. The van der Waals surface area contributed by atoms with E-state index in [2.05, 4.69) is 6.07 Å². The maximum atomic E-state index is 12.9. The lowest BCUT2D eigenvalue weighted by atomic mass is 9.99. The van der Waals surface area contributed by atoms with Crippen molar-refractivity contribution in [3.8, 4) is 6.07 Å². The lowest BCUT2D eigenvalue weighted by Crippen LogP contribution is -2.39. The molecule has 0 aliphatic carbocycles. The highest BCUT2D eigenvalue weighted by atomic mass is 35.5. The number of halogens is 2. The third kappa shape index (κ3) is 2.62. The zero-order valence-electron chi connectivity index (χ0n) is 9.70. The van der Waals surface area contributed by atoms with Gasteiger partial charge < -0.3 is 4.90 Å². The van der Waals surface area contributed by atoms with Gasteiger partial charge in [-0.3, -0.25) is 4.79 Å². The number of carbonyl (C=O) groups is 1. The van der Waals surface area contributed by atoms with Crippen LogP contribution in [-0.4, -0.2) is 23.9 Å². The SMILES string of the molecule is N#CC1CCCN(C(=O)c2ccc(F)cc2Cl)C1. The van der Waals surface area contributed by atoms with Crippen molar-refractivity contribution < 1.29 is 9.18 Å². The average molecular weight is 267 g/mol. The van der Waals surface area contributed by atoms with Gasteiger partial charge in [-0.15, -0.1) is 0 Å². The molecule has 1 aliphatic rings. The highest BCUT2D eigenvalue weighted by molar-refractivity contribution is 6.33. The van der Waals surface area contributed by atoms with Gasteiger partial charge in [0, 0.05) is 13.1 Å². The number of hydrogen-bond acceptors (Lipinski definition) is 2. The Labute approximate surface area is 110 Å². The molecule has 18 heavy (non-hydrogen) atoms. The fourth-order valence-corrected chi connectivity index (χ4v) is 2.35. The van der Waals surface area contributed by atoms with Crippen molar-refractivity contribution in [3.05, 3.63) is 34.6 Å². The van der Waals surface area contributed by atoms with Gasteiger partial charge >= 0.3 is 0 Å². The van der Waals surface area contributed by atoms with Gasteiger partial charge in [0.15, 0.2) is 0 Å². The Balaban J connectivity index is 2.18. The average Bonchev–Trinajstić information content (AvgIpc) is 2.38. The number of piperidine rings is 1. The lowest BCUT2D eigenvalue weighted by molar-refractivity contribution is 0.0699. The molecule has 0 N–H and O–H groups in total. The number of hydrogen-bond donors (Lipinski definition) is 0. The highest BCUT2D eigenvalue weighted by Crippen LogP contribution is 2.22. The largest absolute Gasteiger partial charge is 0.337 e. The van der Waals surface area contributed by atoms with Crippen LogP contribution in [0.4, 0.5) is 4.39 Å². The predicted octanol–water partition coefficient (Wildman–Crippen LogP) is 2.85. The van der Waals surface area contributed by atoms with E-state index in [-0.39, 0.29) is 22.4 Å². The summed E-state index contributed by atoms with van der Waals surface area (Å²) >= 11 is 5.86. The fraction of sp³-hybridized carbons (Fsp3) is 0.385. The molecule has 0 saturated carbocycles. The number of likely N-dealkylation sites (tertiary alicyclic amines) is 1. The second-order valence-corrected chi connectivity index (χ2v) is 4.75. The monoisotopic (exact) mass is 266 g/mol. The Morgan fingerprint density at radius 3 is 3.00 bits per heavy atom. The number of nitriles is 1. The molecule has 5 heteroatoms. The van der Waals surface area contributed by atoms with Gasteiger partial charge in [-0.1, -0.05) is 11.6 Å². The minimum absolute atomic E-state index is 0.110. The van der Waals surface area contributed by atoms with Crippen molar-refractivity contribution in [1.29, 1.82) is 5.26 Å². The predicted molar refractivity (Wildman–Crippen MR) is 65.7 cm³/mol. The Kier molecular flexibility index (Phi) is 3.83. The molecular formula is C13H12ClFN2O. The maximum Gasteiger partial charge on any atom is 0.255 e. The molecule has 1 amide bonds. The Morgan fingerprint density at radius 2 is 2.33 bits per heavy atom. The van der Waals surface area contributed by atoms with Crippen molar-refractivity contribution in [2.75, 3.05) is 13.1 Å². The molecule has 1 aliphatic heterocycles. The van der Waals surface area contributed by atoms with E-state index in [0.29, 0.717) is 13.1 Å². The summed E-state index contributed by atoms with van der Waals surface area (Å²) in [5.41, 5.74) is 0.289. The van der Waals surface area contributed by atoms with Crippen molar-refractivity contribution >= 4 is 17.5 Å². The molecular weight excluding hydrogens is 255 g/mol. The Morgan fingerprint density at radius 1 is 1.56 bits per heavy atom. The van der Waals surface area contributed by atoms with E-state index in [4.69, 9.17) is 16.9 Å². The van der Waals surface area contributed by atoms with Crippen LogP contribution in [0.5, 0.6) is 0 Å². The molecule has 1 aromatic rings. The first-order valence-corrected chi connectivity index (χ1v) is 6.13. The topological polar surface area (TPSA) is 44.1 Å². The second kappa shape index (κ2) is 5.36. The van der Waals surface area contributed by atoms with Crippen molar-refractivity contribution in [2.24, 2.45) is 5.92 Å². The molecule has 2 rings (SSSR count). The highest BCUT2D eigenvalue weighted by Gasteiger charge is 2.25. The van der Waals surface area contributed by atoms with Gasteiger partial charge in [0.1, 0.15) is 5.82 Å². The fourth-order valence-electron chi connectivity index (χ4n) is 2.10. The van der Waals surface area contributed by atoms with E-state index in [1.165, 1.54) is 12.1 Å². The van der Waals surface area contributed by atoms with Crippen LogP contribution in [0.25, 0.3) is 0 Å². The van der Waals surface area contributed by atoms with Crippen molar-refractivity contribution in [1.82, 2.24) is 4.90 Å². The number of benzene rings is 1. The van der Waals surface area contributed by atoms with Gasteiger partial charge in [-0.05, 0) is 31.0 Å². The zero-order valence-corrected chi connectivity index (χ0v) is 10.5. The quantitative estimate of drug-likeness (QED) is 0.784. The van der Waals surface area contributed by atoms with Gasteiger partial charge in [-0.25, -0.2) is 4.39 Å². The van der Waals surface area contributed by atoms with E-state index in [0.717, 1.165) is 18.9 Å². The molecule has 1 atom stereocenters. The lowest BCUT2D eigenvalue weighted by Gasteiger charge is -2.29. The molecule has 0 bridgehead atoms. The summed E-state index contributed by atoms with van der Waals surface area (Å²) in [6, 6.07) is 5.90. The van der Waals surface area contributed by atoms with Crippen LogP contribution in [0.15, 0.2) is 18.2 Å². The standard InChI is InChI=1S/C13H12ClFN2O/c14-12-6-10(15)3-4-11(12)13(18)17-5-1-2-9(7-16)8-17/h3-4,6,9H,1-2,5,8H2. The summed E-state index contributed by atoms with van der Waals surface area (Å²) in [5.74, 6) is -0.827. The number of amides is 1. The van der Waals surface area contributed by atoms with Crippen LogP contribution < -0.4 is 0 Å². The van der Waals surface area contributed by atoms with Crippen molar-refractivity contribution in [2.45, 2.75) is 12.8 Å².